The number of piperidine rings is 1. The van der Waals surface area contributed by atoms with Crippen LogP contribution < -0.4 is 10.2 Å². The van der Waals surface area contributed by atoms with E-state index in [-0.39, 0.29) is 0 Å². The molecule has 2 aliphatic rings. The Morgan fingerprint density at radius 3 is 3.11 bits per heavy atom. The van der Waals surface area contributed by atoms with Gasteiger partial charge in [0.25, 0.3) is 0 Å². The highest BCUT2D eigenvalue weighted by molar-refractivity contribution is 5.74. The number of fused-ring (bicyclic) bond motifs is 1. The van der Waals surface area contributed by atoms with Crippen molar-refractivity contribution in [2.75, 3.05) is 37.0 Å². The van der Waals surface area contributed by atoms with Crippen molar-refractivity contribution in [3.63, 3.8) is 0 Å². The predicted octanol–water partition coefficient (Wildman–Crippen LogP) is 2.91. The van der Waals surface area contributed by atoms with Gasteiger partial charge in [-0.1, -0.05) is 19.1 Å². The molecule has 0 amide bonds. The van der Waals surface area contributed by atoms with Gasteiger partial charge in [0, 0.05) is 26.7 Å². The second kappa shape index (κ2) is 5.41. The van der Waals surface area contributed by atoms with Gasteiger partial charge in [-0.25, -0.2) is 0 Å². The first-order valence-corrected chi connectivity index (χ1v) is 7.43. The number of methoxy groups -OCH3 is 1. The van der Waals surface area contributed by atoms with Gasteiger partial charge < -0.3 is 15.0 Å². The lowest BCUT2D eigenvalue weighted by molar-refractivity contribution is 0.0498. The molecule has 1 aromatic carbocycles. The lowest BCUT2D eigenvalue weighted by Gasteiger charge is -2.39. The topological polar surface area (TPSA) is 24.5 Å². The Hall–Kier alpha value is -1.22. The molecule has 2 heterocycles. The first-order chi connectivity index (χ1) is 9.29. The van der Waals surface area contributed by atoms with Gasteiger partial charge in [0.15, 0.2) is 0 Å². The Bertz CT molecular complexity index is 446. The molecule has 2 aliphatic heterocycles. The molecular formula is C16H24N2O. The molecule has 1 saturated heterocycles. The van der Waals surface area contributed by atoms with Crippen LogP contribution in [0, 0.1) is 5.92 Å². The molecule has 0 spiro atoms. The molecule has 0 saturated carbocycles. The fourth-order valence-corrected chi connectivity index (χ4v) is 3.31. The Labute approximate surface area is 115 Å². The van der Waals surface area contributed by atoms with E-state index in [4.69, 9.17) is 4.74 Å². The van der Waals surface area contributed by atoms with Gasteiger partial charge in [-0.2, -0.15) is 0 Å². The van der Waals surface area contributed by atoms with Crippen molar-refractivity contribution in [2.45, 2.75) is 32.3 Å². The summed E-state index contributed by atoms with van der Waals surface area (Å²) in [6.45, 7) is 5.54. The number of nitrogens with one attached hydrogen (secondary N) is 1. The first-order valence-electron chi connectivity index (χ1n) is 7.43. The smallest absolute Gasteiger partial charge is 0.0772 e. The molecule has 0 radical (unpaired) electrons. The van der Waals surface area contributed by atoms with Crippen LogP contribution in [0.25, 0.3) is 0 Å². The third kappa shape index (κ3) is 2.44. The summed E-state index contributed by atoms with van der Waals surface area (Å²) in [5.74, 6) is 0.661. The van der Waals surface area contributed by atoms with Crippen LogP contribution in [-0.4, -0.2) is 32.8 Å². The second-order valence-electron chi connectivity index (χ2n) is 5.83. The van der Waals surface area contributed by atoms with Crippen molar-refractivity contribution in [3.05, 3.63) is 23.8 Å². The minimum absolute atomic E-state index is 0.355. The standard InChI is InChI=1S/C16H24N2O/c1-12-8-10-18(11-15(12)19-2)14-7-3-5-13-6-4-9-17-16(13)14/h3,5,7,12,15,17H,4,6,8-11H2,1-2H3. The predicted molar refractivity (Wildman–Crippen MR) is 80.0 cm³/mol. The highest BCUT2D eigenvalue weighted by Gasteiger charge is 2.28. The summed E-state index contributed by atoms with van der Waals surface area (Å²) >= 11 is 0. The van der Waals surface area contributed by atoms with Crippen LogP contribution in [0.3, 0.4) is 0 Å². The third-order valence-electron chi connectivity index (χ3n) is 4.59. The maximum Gasteiger partial charge on any atom is 0.0772 e. The number of hydrogen-bond acceptors (Lipinski definition) is 3. The Balaban J connectivity index is 1.86. The lowest BCUT2D eigenvalue weighted by atomic mass is 9.94. The van der Waals surface area contributed by atoms with Gasteiger partial charge in [0.05, 0.1) is 17.5 Å². The van der Waals surface area contributed by atoms with E-state index in [0.29, 0.717) is 12.0 Å². The van der Waals surface area contributed by atoms with Crippen molar-refractivity contribution < 1.29 is 4.74 Å². The maximum absolute atomic E-state index is 5.64. The summed E-state index contributed by atoms with van der Waals surface area (Å²) in [4.78, 5) is 2.49. The number of hydrogen-bond donors (Lipinski definition) is 1. The molecule has 0 aliphatic carbocycles. The zero-order valence-electron chi connectivity index (χ0n) is 12.0. The van der Waals surface area contributed by atoms with E-state index in [9.17, 15) is 0 Å². The van der Waals surface area contributed by atoms with E-state index in [2.05, 4.69) is 35.3 Å². The number of nitrogens with zero attached hydrogens (tertiary/aromatic N) is 1. The van der Waals surface area contributed by atoms with Gasteiger partial charge in [-0.05, 0) is 36.8 Å². The van der Waals surface area contributed by atoms with E-state index in [1.807, 2.05) is 7.11 Å². The molecule has 104 valence electrons. The average Bonchev–Trinajstić information content (AvgIpc) is 2.47. The lowest BCUT2D eigenvalue weighted by Crippen LogP contribution is -2.44. The number of anilines is 2. The number of rotatable bonds is 2. The molecule has 2 atom stereocenters. The number of ether oxygens (including phenoxy) is 1. The molecule has 1 N–H and O–H groups in total. The summed E-state index contributed by atoms with van der Waals surface area (Å²) in [5.41, 5.74) is 4.20. The van der Waals surface area contributed by atoms with E-state index in [1.54, 1.807) is 0 Å². The molecule has 3 nitrogen and oxygen atoms in total. The molecule has 1 fully saturated rings. The van der Waals surface area contributed by atoms with Crippen LogP contribution in [-0.2, 0) is 11.2 Å². The normalized spacial score (nSPS) is 26.7. The summed E-state index contributed by atoms with van der Waals surface area (Å²) in [6.07, 6.45) is 4.01. The van der Waals surface area contributed by atoms with Crippen LogP contribution in [0.15, 0.2) is 18.2 Å². The van der Waals surface area contributed by atoms with Gasteiger partial charge in [-0.3, -0.25) is 0 Å². The highest BCUT2D eigenvalue weighted by atomic mass is 16.5. The van der Waals surface area contributed by atoms with E-state index < -0.39 is 0 Å². The van der Waals surface area contributed by atoms with Crippen LogP contribution in [0.1, 0.15) is 25.3 Å². The Kier molecular flexibility index (Phi) is 3.65. The molecule has 19 heavy (non-hydrogen) atoms. The van der Waals surface area contributed by atoms with Gasteiger partial charge in [0.2, 0.25) is 0 Å². The van der Waals surface area contributed by atoms with Crippen molar-refractivity contribution in [1.29, 1.82) is 0 Å². The van der Waals surface area contributed by atoms with E-state index in [0.717, 1.165) is 19.6 Å². The molecular weight excluding hydrogens is 236 g/mol. The maximum atomic E-state index is 5.64. The average molecular weight is 260 g/mol. The summed E-state index contributed by atoms with van der Waals surface area (Å²) in [7, 11) is 1.84. The van der Waals surface area contributed by atoms with Gasteiger partial charge in [0.1, 0.15) is 0 Å². The SMILES string of the molecule is COC1CN(c2cccc3c2NCCC3)CCC1C. The van der Waals surface area contributed by atoms with Crippen molar-refractivity contribution in [2.24, 2.45) is 5.92 Å². The summed E-state index contributed by atoms with van der Waals surface area (Å²) in [6, 6.07) is 6.70. The third-order valence-corrected chi connectivity index (χ3v) is 4.59. The number of aryl methyl sites for hydroxylation is 1. The number of benzene rings is 1. The summed E-state index contributed by atoms with van der Waals surface area (Å²) < 4.78 is 5.64. The quantitative estimate of drug-likeness (QED) is 0.885. The first kappa shape index (κ1) is 12.8. The van der Waals surface area contributed by atoms with Crippen molar-refractivity contribution in [1.82, 2.24) is 0 Å². The Morgan fingerprint density at radius 1 is 1.37 bits per heavy atom. The minimum atomic E-state index is 0.355. The monoisotopic (exact) mass is 260 g/mol. The van der Waals surface area contributed by atoms with E-state index >= 15 is 0 Å². The van der Waals surface area contributed by atoms with Crippen LogP contribution in [0.4, 0.5) is 11.4 Å². The molecule has 3 heteroatoms. The second-order valence-corrected chi connectivity index (χ2v) is 5.83. The fraction of sp³-hybridized carbons (Fsp3) is 0.625. The van der Waals surface area contributed by atoms with Gasteiger partial charge >= 0.3 is 0 Å². The summed E-state index contributed by atoms with van der Waals surface area (Å²) in [5, 5.41) is 3.59. The highest BCUT2D eigenvalue weighted by Crippen LogP contribution is 2.35. The van der Waals surface area contributed by atoms with Gasteiger partial charge in [-0.15, -0.1) is 0 Å². The molecule has 0 aromatic heterocycles. The van der Waals surface area contributed by atoms with Crippen LogP contribution in [0.5, 0.6) is 0 Å². The van der Waals surface area contributed by atoms with Crippen molar-refractivity contribution >= 4 is 11.4 Å². The molecule has 3 rings (SSSR count). The van der Waals surface area contributed by atoms with Crippen molar-refractivity contribution in [3.8, 4) is 0 Å². The minimum Gasteiger partial charge on any atom is -0.383 e. The van der Waals surface area contributed by atoms with Crippen LogP contribution in [0.2, 0.25) is 0 Å². The molecule has 2 unspecified atom stereocenters. The zero-order chi connectivity index (χ0) is 13.2. The van der Waals surface area contributed by atoms with E-state index in [1.165, 1.54) is 36.2 Å². The molecule has 1 aromatic rings. The number of para-hydroxylation sites is 1. The van der Waals surface area contributed by atoms with Crippen LogP contribution >= 0.6 is 0 Å². The largest absolute Gasteiger partial charge is 0.383 e. The fourth-order valence-electron chi connectivity index (χ4n) is 3.31. The Morgan fingerprint density at radius 2 is 2.26 bits per heavy atom. The molecule has 0 bridgehead atoms. The zero-order valence-corrected chi connectivity index (χ0v) is 12.0.